The Morgan fingerprint density at radius 1 is 1.47 bits per heavy atom. The summed E-state index contributed by atoms with van der Waals surface area (Å²) in [6.45, 7) is 6.24. The van der Waals surface area contributed by atoms with Gasteiger partial charge < -0.3 is 15.3 Å². The molecule has 0 aliphatic carbocycles. The first-order valence-corrected chi connectivity index (χ1v) is 6.16. The van der Waals surface area contributed by atoms with Gasteiger partial charge in [0.15, 0.2) is 5.82 Å². The quantitative estimate of drug-likeness (QED) is 0.848. The third kappa shape index (κ3) is 1.78. The van der Waals surface area contributed by atoms with Crippen LogP contribution in [0.4, 0.5) is 0 Å². The molecule has 3 heterocycles. The molecule has 2 N–H and O–H groups in total. The zero-order valence-corrected chi connectivity index (χ0v) is 11.0. The first-order valence-electron chi connectivity index (χ1n) is 6.16. The number of nitrogens with zero attached hydrogens (tertiary/aromatic N) is 3. The van der Waals surface area contributed by atoms with Crippen molar-refractivity contribution in [3.63, 3.8) is 0 Å². The smallest absolute Gasteiger partial charge is 0.271 e. The van der Waals surface area contributed by atoms with E-state index in [9.17, 15) is 4.79 Å². The van der Waals surface area contributed by atoms with Crippen LogP contribution in [0, 0.1) is 6.92 Å². The molecule has 0 unspecified atom stereocenters. The van der Waals surface area contributed by atoms with Gasteiger partial charge in [-0.25, -0.2) is 0 Å². The van der Waals surface area contributed by atoms with Gasteiger partial charge in [0.25, 0.3) is 11.8 Å². The fourth-order valence-corrected chi connectivity index (χ4v) is 2.33. The second-order valence-electron chi connectivity index (χ2n) is 4.82. The Labute approximate surface area is 110 Å². The molecule has 0 spiro atoms. The Balaban J connectivity index is 2.22. The SMILES string of the molecule is Cc1noc(-c2cn3c(c2C(C)C)C(=O)NCN3)n1. The van der Waals surface area contributed by atoms with Crippen molar-refractivity contribution < 1.29 is 9.32 Å². The number of amides is 1. The van der Waals surface area contributed by atoms with Crippen LogP contribution < -0.4 is 10.7 Å². The number of fused-ring (bicyclic) bond motifs is 1. The first-order chi connectivity index (χ1) is 9.08. The van der Waals surface area contributed by atoms with Gasteiger partial charge in [-0.3, -0.25) is 9.47 Å². The fourth-order valence-electron chi connectivity index (χ4n) is 2.33. The number of aromatic nitrogens is 3. The van der Waals surface area contributed by atoms with Gasteiger partial charge in [0.1, 0.15) is 12.4 Å². The zero-order chi connectivity index (χ0) is 13.6. The summed E-state index contributed by atoms with van der Waals surface area (Å²) in [7, 11) is 0. The summed E-state index contributed by atoms with van der Waals surface area (Å²) in [4.78, 5) is 16.3. The highest BCUT2D eigenvalue weighted by Crippen LogP contribution is 2.33. The summed E-state index contributed by atoms with van der Waals surface area (Å²) in [6, 6.07) is 0. The molecular weight excluding hydrogens is 246 g/mol. The predicted octanol–water partition coefficient (Wildman–Crippen LogP) is 1.21. The molecule has 2 aromatic rings. The summed E-state index contributed by atoms with van der Waals surface area (Å²) < 4.78 is 6.95. The van der Waals surface area contributed by atoms with Crippen molar-refractivity contribution in [3.8, 4) is 11.5 Å². The molecule has 19 heavy (non-hydrogen) atoms. The van der Waals surface area contributed by atoms with Crippen LogP contribution in [0.1, 0.15) is 41.6 Å². The van der Waals surface area contributed by atoms with E-state index in [4.69, 9.17) is 4.52 Å². The van der Waals surface area contributed by atoms with Crippen molar-refractivity contribution in [2.75, 3.05) is 12.1 Å². The van der Waals surface area contributed by atoms with Crippen LogP contribution in [0.5, 0.6) is 0 Å². The average Bonchev–Trinajstić information content (AvgIpc) is 2.92. The number of nitrogens with one attached hydrogen (secondary N) is 2. The molecule has 1 aliphatic heterocycles. The van der Waals surface area contributed by atoms with Crippen LogP contribution in [0.3, 0.4) is 0 Å². The highest BCUT2D eigenvalue weighted by Gasteiger charge is 2.28. The van der Waals surface area contributed by atoms with E-state index in [0.717, 1.165) is 11.1 Å². The highest BCUT2D eigenvalue weighted by molar-refractivity contribution is 5.97. The van der Waals surface area contributed by atoms with E-state index < -0.39 is 0 Å². The minimum Gasteiger partial charge on any atom is -0.334 e. The maximum atomic E-state index is 12.0. The number of hydrogen-bond donors (Lipinski definition) is 2. The zero-order valence-electron chi connectivity index (χ0n) is 11.0. The fraction of sp³-hybridized carbons (Fsp3) is 0.417. The van der Waals surface area contributed by atoms with E-state index >= 15 is 0 Å². The van der Waals surface area contributed by atoms with Crippen LogP contribution in [0.15, 0.2) is 10.7 Å². The molecular formula is C12H15N5O2. The van der Waals surface area contributed by atoms with Gasteiger partial charge in [-0.15, -0.1) is 0 Å². The van der Waals surface area contributed by atoms with Gasteiger partial charge >= 0.3 is 0 Å². The van der Waals surface area contributed by atoms with Crippen LogP contribution in [0.2, 0.25) is 0 Å². The van der Waals surface area contributed by atoms with Crippen LogP contribution in [-0.2, 0) is 0 Å². The lowest BCUT2D eigenvalue weighted by atomic mass is 9.98. The van der Waals surface area contributed by atoms with Crippen molar-refractivity contribution >= 4 is 5.91 Å². The van der Waals surface area contributed by atoms with E-state index in [1.165, 1.54) is 0 Å². The molecule has 1 amide bonds. The van der Waals surface area contributed by atoms with Crippen LogP contribution in [0.25, 0.3) is 11.5 Å². The van der Waals surface area contributed by atoms with E-state index in [-0.39, 0.29) is 11.8 Å². The van der Waals surface area contributed by atoms with Gasteiger partial charge in [-0.05, 0) is 12.8 Å². The Morgan fingerprint density at radius 2 is 2.26 bits per heavy atom. The number of aryl methyl sites for hydroxylation is 1. The molecule has 1 aliphatic rings. The molecule has 100 valence electrons. The third-order valence-corrected chi connectivity index (χ3v) is 3.09. The molecule has 0 atom stereocenters. The average molecular weight is 261 g/mol. The summed E-state index contributed by atoms with van der Waals surface area (Å²) in [6.07, 6.45) is 1.83. The summed E-state index contributed by atoms with van der Waals surface area (Å²) in [5, 5.41) is 6.57. The highest BCUT2D eigenvalue weighted by atomic mass is 16.5. The molecule has 0 fully saturated rings. The topological polar surface area (TPSA) is 85.0 Å². The Morgan fingerprint density at radius 3 is 2.89 bits per heavy atom. The Bertz CT molecular complexity index is 641. The molecule has 2 aromatic heterocycles. The molecule has 7 nitrogen and oxygen atoms in total. The molecule has 3 rings (SSSR count). The molecule has 0 saturated heterocycles. The number of carbonyl (C=O) groups is 1. The maximum Gasteiger partial charge on any atom is 0.271 e. The third-order valence-electron chi connectivity index (χ3n) is 3.09. The first kappa shape index (κ1) is 11.8. The van der Waals surface area contributed by atoms with Gasteiger partial charge in [0, 0.05) is 11.8 Å². The molecule has 0 radical (unpaired) electrons. The van der Waals surface area contributed by atoms with Gasteiger partial charge in [-0.1, -0.05) is 19.0 Å². The van der Waals surface area contributed by atoms with Crippen LogP contribution >= 0.6 is 0 Å². The van der Waals surface area contributed by atoms with E-state index in [1.807, 2.05) is 20.0 Å². The molecule has 0 bridgehead atoms. The van der Waals surface area contributed by atoms with E-state index in [0.29, 0.717) is 24.1 Å². The lowest BCUT2D eigenvalue weighted by Crippen LogP contribution is -2.41. The second-order valence-corrected chi connectivity index (χ2v) is 4.82. The van der Waals surface area contributed by atoms with E-state index in [2.05, 4.69) is 20.9 Å². The standard InChI is InChI=1S/C12H15N5O2/c1-6(2)9-8(12-15-7(3)16-19-12)4-17-10(9)11(18)13-5-14-17/h4,6,14H,5H2,1-3H3,(H,13,18). The van der Waals surface area contributed by atoms with Crippen molar-refractivity contribution in [2.45, 2.75) is 26.7 Å². The Kier molecular flexibility index (Phi) is 2.55. The second kappa shape index (κ2) is 4.11. The minimum atomic E-state index is -0.0927. The predicted molar refractivity (Wildman–Crippen MR) is 68.2 cm³/mol. The van der Waals surface area contributed by atoms with Gasteiger partial charge in [0.05, 0.1) is 5.56 Å². The molecule has 7 heteroatoms. The van der Waals surface area contributed by atoms with Crippen molar-refractivity contribution in [2.24, 2.45) is 0 Å². The maximum absolute atomic E-state index is 12.0. The largest absolute Gasteiger partial charge is 0.334 e. The molecule has 0 aromatic carbocycles. The van der Waals surface area contributed by atoms with Crippen molar-refractivity contribution in [3.05, 3.63) is 23.3 Å². The van der Waals surface area contributed by atoms with Gasteiger partial charge in [0.2, 0.25) is 0 Å². The summed E-state index contributed by atoms with van der Waals surface area (Å²) in [5.74, 6) is 1.10. The number of carbonyl (C=O) groups excluding carboxylic acids is 1. The molecule has 0 saturated carbocycles. The lowest BCUT2D eigenvalue weighted by Gasteiger charge is -2.19. The summed E-state index contributed by atoms with van der Waals surface area (Å²) in [5.41, 5.74) is 5.40. The number of hydrogen-bond acceptors (Lipinski definition) is 5. The number of rotatable bonds is 2. The normalized spacial score (nSPS) is 14.2. The van der Waals surface area contributed by atoms with Crippen LogP contribution in [-0.4, -0.2) is 27.4 Å². The minimum absolute atomic E-state index is 0.0927. The monoisotopic (exact) mass is 261 g/mol. The summed E-state index contributed by atoms with van der Waals surface area (Å²) >= 11 is 0. The van der Waals surface area contributed by atoms with Crippen molar-refractivity contribution in [1.82, 2.24) is 20.1 Å². The Hall–Kier alpha value is -2.31. The lowest BCUT2D eigenvalue weighted by molar-refractivity contribution is 0.0935. The van der Waals surface area contributed by atoms with Gasteiger partial charge in [-0.2, -0.15) is 4.98 Å². The van der Waals surface area contributed by atoms with E-state index in [1.54, 1.807) is 11.6 Å². The van der Waals surface area contributed by atoms with Crippen molar-refractivity contribution in [1.29, 1.82) is 0 Å².